The number of allylic oxidation sites excluding steroid dienone is 1. The molecule has 0 saturated carbocycles. The Morgan fingerprint density at radius 1 is 1.58 bits per heavy atom. The Labute approximate surface area is 73.3 Å². The van der Waals surface area contributed by atoms with Crippen molar-refractivity contribution in [2.75, 3.05) is 0 Å². The van der Waals surface area contributed by atoms with Crippen molar-refractivity contribution in [2.24, 2.45) is 11.8 Å². The molecule has 0 heterocycles. The van der Waals surface area contributed by atoms with E-state index in [9.17, 15) is 9.90 Å². The van der Waals surface area contributed by atoms with Gasteiger partial charge < -0.3 is 5.11 Å². The maximum Gasteiger partial charge on any atom is 0.186 e. The second-order valence-electron chi connectivity index (χ2n) is 3.84. The third-order valence-corrected chi connectivity index (χ3v) is 2.62. The van der Waals surface area contributed by atoms with Gasteiger partial charge in [-0.15, -0.1) is 0 Å². The van der Waals surface area contributed by atoms with E-state index >= 15 is 0 Å². The van der Waals surface area contributed by atoms with Gasteiger partial charge in [0, 0.05) is 0 Å². The minimum Gasteiger partial charge on any atom is -0.385 e. The average Bonchev–Trinajstić information content (AvgIpc) is 2.00. The summed E-state index contributed by atoms with van der Waals surface area (Å²) in [6.07, 6.45) is 1.99. The van der Waals surface area contributed by atoms with Crippen molar-refractivity contribution < 1.29 is 9.90 Å². The smallest absolute Gasteiger partial charge is 0.186 e. The first kappa shape index (κ1) is 9.46. The molecule has 0 amide bonds. The first-order chi connectivity index (χ1) is 5.54. The van der Waals surface area contributed by atoms with Crippen LogP contribution in [0.5, 0.6) is 0 Å². The molecular formula is C10H16O2. The fraction of sp³-hybridized carbons (Fsp3) is 0.700. The average molecular weight is 168 g/mol. The number of aliphatic hydroxyl groups excluding tert-OH is 1. The Morgan fingerprint density at radius 3 is 2.67 bits per heavy atom. The fourth-order valence-electron chi connectivity index (χ4n) is 1.61. The molecule has 1 rings (SSSR count). The summed E-state index contributed by atoms with van der Waals surface area (Å²) >= 11 is 0. The normalized spacial score (nSPS) is 30.8. The van der Waals surface area contributed by atoms with E-state index in [1.54, 1.807) is 6.92 Å². The maximum atomic E-state index is 11.3. The summed E-state index contributed by atoms with van der Waals surface area (Å²) in [7, 11) is 0. The molecule has 2 heteroatoms. The lowest BCUT2D eigenvalue weighted by Gasteiger charge is -2.28. The Bertz CT molecular complexity index is 216. The summed E-state index contributed by atoms with van der Waals surface area (Å²) < 4.78 is 0. The monoisotopic (exact) mass is 168 g/mol. The Balaban J connectivity index is 2.80. The molecule has 12 heavy (non-hydrogen) atoms. The van der Waals surface area contributed by atoms with Crippen molar-refractivity contribution in [1.29, 1.82) is 0 Å². The van der Waals surface area contributed by atoms with Gasteiger partial charge in [0.05, 0.1) is 0 Å². The van der Waals surface area contributed by atoms with E-state index in [0.29, 0.717) is 11.5 Å². The molecule has 0 bridgehead atoms. The fourth-order valence-corrected chi connectivity index (χ4v) is 1.61. The Morgan fingerprint density at radius 2 is 2.17 bits per heavy atom. The van der Waals surface area contributed by atoms with Crippen LogP contribution >= 0.6 is 0 Å². The van der Waals surface area contributed by atoms with Crippen LogP contribution in [0.4, 0.5) is 0 Å². The minimum absolute atomic E-state index is 0.0973. The van der Waals surface area contributed by atoms with Crippen LogP contribution in [0, 0.1) is 11.8 Å². The molecule has 2 atom stereocenters. The molecule has 0 aromatic carbocycles. The molecule has 0 radical (unpaired) electrons. The lowest BCUT2D eigenvalue weighted by molar-refractivity contribution is -0.127. The number of carbonyl (C=O) groups is 1. The lowest BCUT2D eigenvalue weighted by atomic mass is 9.80. The number of hydrogen-bond acceptors (Lipinski definition) is 2. The van der Waals surface area contributed by atoms with Crippen LogP contribution in [0.3, 0.4) is 0 Å². The molecule has 68 valence electrons. The second kappa shape index (κ2) is 3.40. The zero-order valence-electron chi connectivity index (χ0n) is 7.87. The molecule has 1 N–H and O–H groups in total. The van der Waals surface area contributed by atoms with Gasteiger partial charge in [0.25, 0.3) is 0 Å². The summed E-state index contributed by atoms with van der Waals surface area (Å²) in [5, 5.41) is 9.59. The van der Waals surface area contributed by atoms with Crippen molar-refractivity contribution in [3.63, 3.8) is 0 Å². The molecule has 0 saturated heterocycles. The molecule has 0 aliphatic heterocycles. The molecule has 0 aromatic rings. The van der Waals surface area contributed by atoms with E-state index in [-0.39, 0.29) is 11.7 Å². The molecule has 1 aliphatic carbocycles. The van der Waals surface area contributed by atoms with Gasteiger partial charge in [-0.3, -0.25) is 4.79 Å². The van der Waals surface area contributed by atoms with Crippen LogP contribution in [-0.4, -0.2) is 17.0 Å². The first-order valence-electron chi connectivity index (χ1n) is 4.43. The standard InChI is InChI=1S/C10H16O2/c1-6(2)8-5-4-7(3)9(11)10(8)12/h4,6,8,10,12H,5H2,1-3H3. The lowest BCUT2D eigenvalue weighted by Crippen LogP contribution is -2.35. The van der Waals surface area contributed by atoms with E-state index in [0.717, 1.165) is 6.42 Å². The van der Waals surface area contributed by atoms with Crippen LogP contribution in [0.15, 0.2) is 11.6 Å². The highest BCUT2D eigenvalue weighted by Crippen LogP contribution is 2.27. The van der Waals surface area contributed by atoms with E-state index in [1.807, 2.05) is 19.9 Å². The Hall–Kier alpha value is -0.630. The molecule has 2 unspecified atom stereocenters. The summed E-state index contributed by atoms with van der Waals surface area (Å²) in [6, 6.07) is 0. The van der Waals surface area contributed by atoms with Gasteiger partial charge in [-0.2, -0.15) is 0 Å². The molecular weight excluding hydrogens is 152 g/mol. The van der Waals surface area contributed by atoms with Crippen LogP contribution in [-0.2, 0) is 4.79 Å². The third kappa shape index (κ3) is 1.58. The van der Waals surface area contributed by atoms with Gasteiger partial charge in [-0.05, 0) is 30.8 Å². The zero-order chi connectivity index (χ0) is 9.30. The molecule has 0 aromatic heterocycles. The molecule has 1 aliphatic rings. The van der Waals surface area contributed by atoms with Crippen molar-refractivity contribution in [2.45, 2.75) is 33.3 Å². The highest BCUT2D eigenvalue weighted by atomic mass is 16.3. The van der Waals surface area contributed by atoms with Crippen molar-refractivity contribution in [3.8, 4) is 0 Å². The predicted molar refractivity (Wildman–Crippen MR) is 47.7 cm³/mol. The minimum atomic E-state index is -0.769. The van der Waals surface area contributed by atoms with Crippen molar-refractivity contribution >= 4 is 5.78 Å². The van der Waals surface area contributed by atoms with Crippen LogP contribution < -0.4 is 0 Å². The summed E-state index contributed by atoms with van der Waals surface area (Å²) in [4.78, 5) is 11.3. The zero-order valence-corrected chi connectivity index (χ0v) is 7.87. The molecule has 2 nitrogen and oxygen atoms in total. The summed E-state index contributed by atoms with van der Waals surface area (Å²) in [5.41, 5.74) is 0.708. The van der Waals surface area contributed by atoms with Crippen molar-refractivity contribution in [3.05, 3.63) is 11.6 Å². The van der Waals surface area contributed by atoms with Gasteiger partial charge in [-0.1, -0.05) is 19.9 Å². The predicted octanol–water partition coefficient (Wildman–Crippen LogP) is 1.54. The largest absolute Gasteiger partial charge is 0.385 e. The van der Waals surface area contributed by atoms with E-state index in [2.05, 4.69) is 0 Å². The topological polar surface area (TPSA) is 37.3 Å². The summed E-state index contributed by atoms with van der Waals surface area (Å²) in [6.45, 7) is 5.84. The highest BCUT2D eigenvalue weighted by molar-refractivity contribution is 5.99. The van der Waals surface area contributed by atoms with Crippen molar-refractivity contribution in [1.82, 2.24) is 0 Å². The van der Waals surface area contributed by atoms with E-state index in [4.69, 9.17) is 0 Å². The second-order valence-corrected chi connectivity index (χ2v) is 3.84. The quantitative estimate of drug-likeness (QED) is 0.644. The van der Waals surface area contributed by atoms with Crippen LogP contribution in [0.25, 0.3) is 0 Å². The number of rotatable bonds is 1. The number of aliphatic hydroxyl groups is 1. The third-order valence-electron chi connectivity index (χ3n) is 2.62. The van der Waals surface area contributed by atoms with Crippen LogP contribution in [0.1, 0.15) is 27.2 Å². The van der Waals surface area contributed by atoms with E-state index < -0.39 is 6.10 Å². The maximum absolute atomic E-state index is 11.3. The SMILES string of the molecule is CC1=CCC(C(C)C)C(O)C1=O. The number of carbonyl (C=O) groups excluding carboxylic acids is 1. The van der Waals surface area contributed by atoms with Gasteiger partial charge in [0.2, 0.25) is 0 Å². The molecule has 0 spiro atoms. The van der Waals surface area contributed by atoms with E-state index in [1.165, 1.54) is 0 Å². The Kier molecular flexibility index (Phi) is 2.68. The van der Waals surface area contributed by atoms with Crippen LogP contribution in [0.2, 0.25) is 0 Å². The number of hydrogen-bond donors (Lipinski definition) is 1. The highest BCUT2D eigenvalue weighted by Gasteiger charge is 2.31. The van der Waals surface area contributed by atoms with Gasteiger partial charge in [-0.25, -0.2) is 0 Å². The van der Waals surface area contributed by atoms with Gasteiger partial charge >= 0.3 is 0 Å². The first-order valence-corrected chi connectivity index (χ1v) is 4.43. The van der Waals surface area contributed by atoms with Gasteiger partial charge in [0.1, 0.15) is 6.10 Å². The summed E-state index contributed by atoms with van der Waals surface area (Å²) in [5.74, 6) is 0.384. The molecule has 0 fully saturated rings. The number of Topliss-reactive ketones (excluding diaryl/α,β-unsaturated/α-hetero) is 1. The van der Waals surface area contributed by atoms with Gasteiger partial charge in [0.15, 0.2) is 5.78 Å². The number of ketones is 1.